The second-order valence-corrected chi connectivity index (χ2v) is 4.90. The Labute approximate surface area is 119 Å². The molecule has 1 amide bonds. The maximum atomic E-state index is 12.2. The van der Waals surface area contributed by atoms with E-state index in [1.807, 2.05) is 31.3 Å². The molecule has 0 aromatic heterocycles. The van der Waals surface area contributed by atoms with Crippen molar-refractivity contribution in [2.75, 3.05) is 32.2 Å². The predicted octanol–water partition coefficient (Wildman–Crippen LogP) is 1.65. The lowest BCUT2D eigenvalue weighted by Crippen LogP contribution is -2.39. The second kappa shape index (κ2) is 7.26. The SMILES string of the molecule is CCCOc1cccc(NC(=O)C2COCC2NC)c1. The molecule has 2 unspecified atom stereocenters. The van der Waals surface area contributed by atoms with Crippen molar-refractivity contribution in [2.24, 2.45) is 5.92 Å². The van der Waals surface area contributed by atoms with Crippen molar-refractivity contribution in [1.82, 2.24) is 5.32 Å². The third-order valence-corrected chi connectivity index (χ3v) is 3.36. The Bertz CT molecular complexity index is 450. The number of rotatable bonds is 6. The standard InChI is InChI=1S/C15H22N2O3/c1-3-7-20-12-6-4-5-11(8-12)17-15(18)13-9-19-10-14(13)16-2/h4-6,8,13-14,16H,3,7,9-10H2,1-2H3,(H,17,18). The lowest BCUT2D eigenvalue weighted by Gasteiger charge is -2.16. The summed E-state index contributed by atoms with van der Waals surface area (Å²) in [7, 11) is 1.85. The number of carbonyl (C=O) groups excluding carboxylic acids is 1. The molecule has 1 aliphatic rings. The Balaban J connectivity index is 1.97. The summed E-state index contributed by atoms with van der Waals surface area (Å²) in [5.41, 5.74) is 0.755. The van der Waals surface area contributed by atoms with E-state index in [1.54, 1.807) is 0 Å². The van der Waals surface area contributed by atoms with Crippen LogP contribution in [0.1, 0.15) is 13.3 Å². The molecule has 2 rings (SSSR count). The van der Waals surface area contributed by atoms with E-state index in [0.717, 1.165) is 17.9 Å². The van der Waals surface area contributed by atoms with Crippen molar-refractivity contribution in [1.29, 1.82) is 0 Å². The lowest BCUT2D eigenvalue weighted by molar-refractivity contribution is -0.120. The molecule has 0 saturated carbocycles. The van der Waals surface area contributed by atoms with Gasteiger partial charge in [-0.1, -0.05) is 13.0 Å². The molecule has 0 bridgehead atoms. The van der Waals surface area contributed by atoms with E-state index < -0.39 is 0 Å². The van der Waals surface area contributed by atoms with Crippen LogP contribution in [0.25, 0.3) is 0 Å². The van der Waals surface area contributed by atoms with Crippen LogP contribution in [0, 0.1) is 5.92 Å². The number of hydrogen-bond donors (Lipinski definition) is 2. The largest absolute Gasteiger partial charge is 0.494 e. The van der Waals surface area contributed by atoms with Crippen LogP contribution in [0.15, 0.2) is 24.3 Å². The topological polar surface area (TPSA) is 59.6 Å². The van der Waals surface area contributed by atoms with E-state index in [4.69, 9.17) is 9.47 Å². The average molecular weight is 278 g/mol. The minimum atomic E-state index is -0.153. The first-order valence-corrected chi connectivity index (χ1v) is 7.03. The summed E-state index contributed by atoms with van der Waals surface area (Å²) in [5, 5.41) is 6.04. The highest BCUT2D eigenvalue weighted by atomic mass is 16.5. The number of likely N-dealkylation sites (N-methyl/N-ethyl adjacent to an activating group) is 1. The molecular formula is C15H22N2O3. The molecule has 110 valence electrons. The van der Waals surface area contributed by atoms with Gasteiger partial charge in [-0.15, -0.1) is 0 Å². The van der Waals surface area contributed by atoms with Gasteiger partial charge in [-0.05, 0) is 25.6 Å². The molecule has 2 N–H and O–H groups in total. The Morgan fingerprint density at radius 1 is 1.45 bits per heavy atom. The second-order valence-electron chi connectivity index (χ2n) is 4.90. The van der Waals surface area contributed by atoms with Gasteiger partial charge in [0.05, 0.1) is 25.7 Å². The summed E-state index contributed by atoms with van der Waals surface area (Å²) in [4.78, 5) is 12.2. The fraction of sp³-hybridized carbons (Fsp3) is 0.533. The van der Waals surface area contributed by atoms with Gasteiger partial charge in [-0.3, -0.25) is 4.79 Å². The van der Waals surface area contributed by atoms with Crippen LogP contribution in [0.3, 0.4) is 0 Å². The van der Waals surface area contributed by atoms with Gasteiger partial charge in [0.25, 0.3) is 0 Å². The molecule has 1 aromatic rings. The lowest BCUT2D eigenvalue weighted by atomic mass is 10.0. The molecule has 0 aliphatic carbocycles. The van der Waals surface area contributed by atoms with E-state index in [1.165, 1.54) is 0 Å². The summed E-state index contributed by atoms with van der Waals surface area (Å²) in [5.74, 6) is 0.604. The normalized spacial score (nSPS) is 21.7. The summed E-state index contributed by atoms with van der Waals surface area (Å²) >= 11 is 0. The van der Waals surface area contributed by atoms with Crippen molar-refractivity contribution in [2.45, 2.75) is 19.4 Å². The first kappa shape index (κ1) is 14.8. The number of hydrogen-bond acceptors (Lipinski definition) is 4. The molecule has 1 aliphatic heterocycles. The molecule has 0 radical (unpaired) electrons. The third-order valence-electron chi connectivity index (χ3n) is 3.36. The minimum Gasteiger partial charge on any atom is -0.494 e. The van der Waals surface area contributed by atoms with Gasteiger partial charge < -0.3 is 20.1 Å². The number of carbonyl (C=O) groups is 1. The quantitative estimate of drug-likeness (QED) is 0.830. The molecule has 1 heterocycles. The number of anilines is 1. The van der Waals surface area contributed by atoms with Crippen molar-refractivity contribution in [3.8, 4) is 5.75 Å². The van der Waals surface area contributed by atoms with E-state index in [2.05, 4.69) is 17.6 Å². The first-order chi connectivity index (χ1) is 9.74. The maximum Gasteiger partial charge on any atom is 0.231 e. The van der Waals surface area contributed by atoms with Gasteiger partial charge in [-0.2, -0.15) is 0 Å². The molecular weight excluding hydrogens is 256 g/mol. The summed E-state index contributed by atoms with van der Waals surface area (Å²) in [6, 6.07) is 7.55. The number of nitrogens with one attached hydrogen (secondary N) is 2. The van der Waals surface area contributed by atoms with Crippen molar-refractivity contribution in [3.05, 3.63) is 24.3 Å². The fourth-order valence-corrected chi connectivity index (χ4v) is 2.22. The van der Waals surface area contributed by atoms with Crippen LogP contribution in [0.5, 0.6) is 5.75 Å². The van der Waals surface area contributed by atoms with Gasteiger partial charge in [0.1, 0.15) is 5.75 Å². The van der Waals surface area contributed by atoms with Crippen LogP contribution in [-0.2, 0) is 9.53 Å². The minimum absolute atomic E-state index is 0.0190. The summed E-state index contributed by atoms with van der Waals surface area (Å²) < 4.78 is 10.9. The van der Waals surface area contributed by atoms with Gasteiger partial charge >= 0.3 is 0 Å². The Kier molecular flexibility index (Phi) is 5.38. The third kappa shape index (κ3) is 3.71. The number of ether oxygens (including phenoxy) is 2. The van der Waals surface area contributed by atoms with Crippen LogP contribution >= 0.6 is 0 Å². The Morgan fingerprint density at radius 2 is 2.30 bits per heavy atom. The van der Waals surface area contributed by atoms with Crippen LogP contribution in [0.2, 0.25) is 0 Å². The van der Waals surface area contributed by atoms with E-state index >= 15 is 0 Å². The average Bonchev–Trinajstić information content (AvgIpc) is 2.94. The predicted molar refractivity (Wildman–Crippen MR) is 78.0 cm³/mol. The molecule has 1 saturated heterocycles. The number of benzene rings is 1. The molecule has 5 nitrogen and oxygen atoms in total. The zero-order chi connectivity index (χ0) is 14.4. The highest BCUT2D eigenvalue weighted by Crippen LogP contribution is 2.20. The maximum absolute atomic E-state index is 12.2. The summed E-state index contributed by atoms with van der Waals surface area (Å²) in [6.07, 6.45) is 0.958. The number of amides is 1. The molecule has 0 spiro atoms. The van der Waals surface area contributed by atoms with Crippen LogP contribution in [0.4, 0.5) is 5.69 Å². The van der Waals surface area contributed by atoms with Crippen LogP contribution < -0.4 is 15.4 Å². The molecule has 1 fully saturated rings. The monoisotopic (exact) mass is 278 g/mol. The molecule has 20 heavy (non-hydrogen) atoms. The summed E-state index contributed by atoms with van der Waals surface area (Å²) in [6.45, 7) is 3.77. The fourth-order valence-electron chi connectivity index (χ4n) is 2.22. The zero-order valence-electron chi connectivity index (χ0n) is 12.0. The zero-order valence-corrected chi connectivity index (χ0v) is 12.0. The van der Waals surface area contributed by atoms with Crippen LogP contribution in [-0.4, -0.2) is 38.8 Å². The van der Waals surface area contributed by atoms with E-state index in [9.17, 15) is 4.79 Å². The van der Waals surface area contributed by atoms with Gasteiger partial charge in [0.2, 0.25) is 5.91 Å². The highest BCUT2D eigenvalue weighted by Gasteiger charge is 2.32. The van der Waals surface area contributed by atoms with Gasteiger partial charge in [0.15, 0.2) is 0 Å². The van der Waals surface area contributed by atoms with Gasteiger partial charge in [-0.25, -0.2) is 0 Å². The van der Waals surface area contributed by atoms with Crippen molar-refractivity contribution < 1.29 is 14.3 Å². The molecule has 5 heteroatoms. The Morgan fingerprint density at radius 3 is 3.05 bits per heavy atom. The first-order valence-electron chi connectivity index (χ1n) is 7.03. The van der Waals surface area contributed by atoms with Crippen molar-refractivity contribution in [3.63, 3.8) is 0 Å². The van der Waals surface area contributed by atoms with Crippen molar-refractivity contribution >= 4 is 11.6 Å². The molecule has 2 atom stereocenters. The highest BCUT2D eigenvalue weighted by molar-refractivity contribution is 5.93. The smallest absolute Gasteiger partial charge is 0.231 e. The van der Waals surface area contributed by atoms with E-state index in [0.29, 0.717) is 19.8 Å². The van der Waals surface area contributed by atoms with E-state index in [-0.39, 0.29) is 17.9 Å². The van der Waals surface area contributed by atoms with Gasteiger partial charge in [0, 0.05) is 17.8 Å². The molecule has 1 aromatic carbocycles. The Hall–Kier alpha value is -1.59.